The van der Waals surface area contributed by atoms with Crippen LogP contribution in [0.5, 0.6) is 0 Å². The number of carbonyl (C=O) groups is 2. The topological polar surface area (TPSA) is 60.9 Å². The fourth-order valence-electron chi connectivity index (χ4n) is 2.70. The number of likely N-dealkylation sites (N-methyl/N-ethyl adjacent to an activating group) is 1. The van der Waals surface area contributed by atoms with Gasteiger partial charge in [-0.2, -0.15) is 0 Å². The number of benzene rings is 1. The quantitative estimate of drug-likeness (QED) is 0.886. The average Bonchev–Trinajstić information content (AvgIpc) is 2.87. The SMILES string of the molecule is CC(=O)N1C[C@H](O)C[C@@H]1C(=O)N(C)CCc1ccccc1. The maximum atomic E-state index is 12.4. The molecule has 5 heteroatoms. The molecule has 1 heterocycles. The van der Waals surface area contributed by atoms with Crippen molar-refractivity contribution in [2.24, 2.45) is 0 Å². The Bertz CT molecular complexity index is 504. The highest BCUT2D eigenvalue weighted by molar-refractivity contribution is 5.87. The lowest BCUT2D eigenvalue weighted by atomic mass is 10.1. The zero-order valence-corrected chi connectivity index (χ0v) is 12.5. The summed E-state index contributed by atoms with van der Waals surface area (Å²) >= 11 is 0. The first-order chi connectivity index (χ1) is 9.99. The van der Waals surface area contributed by atoms with Gasteiger partial charge in [0, 0.05) is 33.5 Å². The number of hydrogen-bond acceptors (Lipinski definition) is 3. The van der Waals surface area contributed by atoms with Crippen LogP contribution in [0.4, 0.5) is 0 Å². The lowest BCUT2D eigenvalue weighted by Gasteiger charge is -2.27. The molecule has 0 saturated carbocycles. The van der Waals surface area contributed by atoms with Gasteiger partial charge >= 0.3 is 0 Å². The molecule has 0 aliphatic carbocycles. The molecule has 1 saturated heterocycles. The highest BCUT2D eigenvalue weighted by atomic mass is 16.3. The first kappa shape index (κ1) is 15.5. The Morgan fingerprint density at radius 1 is 1.33 bits per heavy atom. The second kappa shape index (κ2) is 6.72. The molecule has 1 N–H and O–H groups in total. The summed E-state index contributed by atoms with van der Waals surface area (Å²) in [7, 11) is 1.74. The lowest BCUT2D eigenvalue weighted by Crippen LogP contribution is -2.46. The number of nitrogens with zero attached hydrogens (tertiary/aromatic N) is 2. The molecule has 0 spiro atoms. The molecule has 1 aromatic carbocycles. The van der Waals surface area contributed by atoms with Crippen molar-refractivity contribution in [1.82, 2.24) is 9.80 Å². The molecule has 2 amide bonds. The van der Waals surface area contributed by atoms with Gasteiger partial charge in [0.25, 0.3) is 0 Å². The molecule has 1 fully saturated rings. The maximum absolute atomic E-state index is 12.4. The van der Waals surface area contributed by atoms with Crippen molar-refractivity contribution in [3.05, 3.63) is 35.9 Å². The normalized spacial score (nSPS) is 21.4. The molecule has 2 rings (SSSR count). The zero-order valence-electron chi connectivity index (χ0n) is 12.5. The Morgan fingerprint density at radius 3 is 2.62 bits per heavy atom. The fourth-order valence-corrected chi connectivity index (χ4v) is 2.70. The van der Waals surface area contributed by atoms with Gasteiger partial charge in [0.15, 0.2) is 0 Å². The Hall–Kier alpha value is -1.88. The van der Waals surface area contributed by atoms with Crippen LogP contribution in [0.2, 0.25) is 0 Å². The van der Waals surface area contributed by atoms with E-state index < -0.39 is 12.1 Å². The van der Waals surface area contributed by atoms with E-state index in [0.717, 1.165) is 6.42 Å². The summed E-state index contributed by atoms with van der Waals surface area (Å²) in [6.07, 6.45) is 0.498. The van der Waals surface area contributed by atoms with Gasteiger partial charge in [-0.3, -0.25) is 9.59 Å². The van der Waals surface area contributed by atoms with Crippen LogP contribution in [0.3, 0.4) is 0 Å². The van der Waals surface area contributed by atoms with E-state index in [9.17, 15) is 14.7 Å². The predicted octanol–water partition coefficient (Wildman–Crippen LogP) is 0.669. The molecule has 2 atom stereocenters. The number of likely N-dealkylation sites (tertiary alicyclic amines) is 1. The van der Waals surface area contributed by atoms with Crippen LogP contribution < -0.4 is 0 Å². The molecule has 21 heavy (non-hydrogen) atoms. The van der Waals surface area contributed by atoms with Gasteiger partial charge < -0.3 is 14.9 Å². The summed E-state index contributed by atoms with van der Waals surface area (Å²) in [4.78, 5) is 27.1. The highest BCUT2D eigenvalue weighted by Crippen LogP contribution is 2.20. The fraction of sp³-hybridized carbons (Fsp3) is 0.500. The summed E-state index contributed by atoms with van der Waals surface area (Å²) in [5.74, 6) is -0.265. The summed E-state index contributed by atoms with van der Waals surface area (Å²) in [6.45, 7) is 2.28. The van der Waals surface area contributed by atoms with Gasteiger partial charge in [0.05, 0.1) is 6.10 Å². The molecule has 0 radical (unpaired) electrons. The van der Waals surface area contributed by atoms with E-state index in [1.54, 1.807) is 11.9 Å². The molecule has 0 unspecified atom stereocenters. The summed E-state index contributed by atoms with van der Waals surface area (Å²) < 4.78 is 0. The van der Waals surface area contributed by atoms with Crippen molar-refractivity contribution >= 4 is 11.8 Å². The number of amides is 2. The van der Waals surface area contributed by atoms with Crippen molar-refractivity contribution in [3.63, 3.8) is 0 Å². The third-order valence-corrected chi connectivity index (χ3v) is 3.92. The van der Waals surface area contributed by atoms with E-state index in [4.69, 9.17) is 0 Å². The minimum absolute atomic E-state index is 0.0994. The van der Waals surface area contributed by atoms with E-state index in [-0.39, 0.29) is 18.4 Å². The van der Waals surface area contributed by atoms with Crippen molar-refractivity contribution < 1.29 is 14.7 Å². The van der Waals surface area contributed by atoms with Crippen LogP contribution in [0.15, 0.2) is 30.3 Å². The van der Waals surface area contributed by atoms with Crippen LogP contribution >= 0.6 is 0 Å². The number of aliphatic hydroxyl groups is 1. The smallest absolute Gasteiger partial charge is 0.245 e. The summed E-state index contributed by atoms with van der Waals surface area (Å²) in [5, 5.41) is 9.69. The van der Waals surface area contributed by atoms with Gasteiger partial charge in [-0.1, -0.05) is 30.3 Å². The molecular formula is C16H22N2O3. The molecule has 0 aromatic heterocycles. The zero-order chi connectivity index (χ0) is 15.4. The molecular weight excluding hydrogens is 268 g/mol. The molecule has 5 nitrogen and oxygen atoms in total. The monoisotopic (exact) mass is 290 g/mol. The van der Waals surface area contributed by atoms with Crippen molar-refractivity contribution in [1.29, 1.82) is 0 Å². The largest absolute Gasteiger partial charge is 0.391 e. The number of hydrogen-bond donors (Lipinski definition) is 1. The van der Waals surface area contributed by atoms with Gasteiger partial charge in [-0.05, 0) is 12.0 Å². The lowest BCUT2D eigenvalue weighted by molar-refractivity contribution is -0.141. The summed E-state index contributed by atoms with van der Waals surface area (Å²) in [6, 6.07) is 9.43. The van der Waals surface area contributed by atoms with Crippen LogP contribution in [-0.2, 0) is 16.0 Å². The minimum atomic E-state index is -0.606. The van der Waals surface area contributed by atoms with E-state index in [0.29, 0.717) is 13.0 Å². The minimum Gasteiger partial charge on any atom is -0.391 e. The second-order valence-corrected chi connectivity index (χ2v) is 5.57. The maximum Gasteiger partial charge on any atom is 0.245 e. The van der Waals surface area contributed by atoms with E-state index in [1.165, 1.54) is 17.4 Å². The number of carbonyl (C=O) groups excluding carboxylic acids is 2. The van der Waals surface area contributed by atoms with Crippen molar-refractivity contribution in [3.8, 4) is 0 Å². The Kier molecular flexibility index (Phi) is 4.96. The third kappa shape index (κ3) is 3.82. The van der Waals surface area contributed by atoms with Crippen LogP contribution in [0.1, 0.15) is 18.9 Å². The molecule has 1 aliphatic rings. The van der Waals surface area contributed by atoms with Crippen molar-refractivity contribution in [2.75, 3.05) is 20.1 Å². The Labute approximate surface area is 125 Å². The molecule has 1 aliphatic heterocycles. The molecule has 1 aromatic rings. The van der Waals surface area contributed by atoms with Gasteiger partial charge in [0.1, 0.15) is 6.04 Å². The van der Waals surface area contributed by atoms with Crippen LogP contribution in [0, 0.1) is 0 Å². The van der Waals surface area contributed by atoms with E-state index >= 15 is 0 Å². The standard InChI is InChI=1S/C16H22N2O3/c1-12(19)18-11-14(20)10-15(18)16(21)17(2)9-8-13-6-4-3-5-7-13/h3-7,14-15,20H,8-11H2,1-2H3/t14-,15-/m1/s1. The third-order valence-electron chi connectivity index (χ3n) is 3.92. The van der Waals surface area contributed by atoms with Crippen molar-refractivity contribution in [2.45, 2.75) is 31.9 Å². The highest BCUT2D eigenvalue weighted by Gasteiger charge is 2.38. The van der Waals surface area contributed by atoms with Gasteiger partial charge in [-0.25, -0.2) is 0 Å². The van der Waals surface area contributed by atoms with Gasteiger partial charge in [-0.15, -0.1) is 0 Å². The van der Waals surface area contributed by atoms with Crippen LogP contribution in [-0.4, -0.2) is 59.0 Å². The summed E-state index contributed by atoms with van der Waals surface area (Å²) in [5.41, 5.74) is 1.17. The Morgan fingerprint density at radius 2 is 2.00 bits per heavy atom. The number of aliphatic hydroxyl groups excluding tert-OH is 1. The molecule has 0 bridgehead atoms. The van der Waals surface area contributed by atoms with Gasteiger partial charge in [0.2, 0.25) is 11.8 Å². The predicted molar refractivity (Wildman–Crippen MR) is 79.6 cm³/mol. The average molecular weight is 290 g/mol. The molecule has 114 valence electrons. The number of β-amino-alcohol motifs (C(OH)–C–C–N with tert-alkyl or cyclic N) is 1. The first-order valence-electron chi connectivity index (χ1n) is 7.23. The first-order valence-corrected chi connectivity index (χ1v) is 7.23. The van der Waals surface area contributed by atoms with E-state index in [2.05, 4.69) is 0 Å². The Balaban J connectivity index is 1.94. The number of rotatable bonds is 4. The second-order valence-electron chi connectivity index (χ2n) is 5.57. The van der Waals surface area contributed by atoms with Crippen LogP contribution in [0.25, 0.3) is 0 Å². The van der Waals surface area contributed by atoms with E-state index in [1.807, 2.05) is 30.3 Å².